The molecule has 0 unspecified atom stereocenters. The van der Waals surface area contributed by atoms with Crippen LogP contribution in [-0.2, 0) is 9.59 Å². The minimum absolute atomic E-state index is 0.0106. The minimum Gasteiger partial charge on any atom is -0.358 e. The van der Waals surface area contributed by atoms with Crippen molar-refractivity contribution in [3.8, 4) is 0 Å². The molecule has 0 aliphatic carbocycles. The summed E-state index contributed by atoms with van der Waals surface area (Å²) >= 11 is 0. The van der Waals surface area contributed by atoms with Gasteiger partial charge < -0.3 is 16.0 Å². The number of hydrogen-bond donors (Lipinski definition) is 3. The summed E-state index contributed by atoms with van der Waals surface area (Å²) in [5.41, 5.74) is 1.12. The van der Waals surface area contributed by atoms with E-state index in [0.717, 1.165) is 5.56 Å². The summed E-state index contributed by atoms with van der Waals surface area (Å²) in [5.74, 6) is -0.402. The van der Waals surface area contributed by atoms with Gasteiger partial charge in [0.15, 0.2) is 0 Å². The lowest BCUT2D eigenvalue weighted by Gasteiger charge is -2.13. The quantitative estimate of drug-likeness (QED) is 0.674. The van der Waals surface area contributed by atoms with Gasteiger partial charge in [-0.3, -0.25) is 9.59 Å². The van der Waals surface area contributed by atoms with Crippen molar-refractivity contribution >= 4 is 11.8 Å². The van der Waals surface area contributed by atoms with Crippen molar-refractivity contribution in [3.05, 3.63) is 35.9 Å². The second-order valence-corrected chi connectivity index (χ2v) is 3.96. The van der Waals surface area contributed by atoms with Gasteiger partial charge in [-0.1, -0.05) is 30.3 Å². The molecule has 0 bridgehead atoms. The summed E-state index contributed by atoms with van der Waals surface area (Å²) in [5, 5.41) is 8.06. The van der Waals surface area contributed by atoms with Crippen LogP contribution in [0.15, 0.2) is 30.3 Å². The fourth-order valence-electron chi connectivity index (χ4n) is 1.44. The lowest BCUT2D eigenvalue weighted by Crippen LogP contribution is -2.40. The molecule has 2 amide bonds. The van der Waals surface area contributed by atoms with Crippen molar-refractivity contribution in [3.63, 3.8) is 0 Å². The van der Waals surface area contributed by atoms with E-state index in [1.807, 2.05) is 37.3 Å². The maximum Gasteiger partial charge on any atom is 0.239 e. The molecule has 0 aliphatic heterocycles. The average molecular weight is 249 g/mol. The van der Waals surface area contributed by atoms with Gasteiger partial charge in [0.05, 0.1) is 13.1 Å². The largest absolute Gasteiger partial charge is 0.358 e. The van der Waals surface area contributed by atoms with Gasteiger partial charge in [-0.2, -0.15) is 0 Å². The van der Waals surface area contributed by atoms with Crippen LogP contribution in [0.25, 0.3) is 0 Å². The van der Waals surface area contributed by atoms with Crippen LogP contribution in [0.5, 0.6) is 0 Å². The number of likely N-dealkylation sites (N-methyl/N-ethyl adjacent to an activating group) is 1. The summed E-state index contributed by atoms with van der Waals surface area (Å²) in [6.45, 7) is 2.19. The maximum absolute atomic E-state index is 11.4. The molecular weight excluding hydrogens is 230 g/mol. The predicted octanol–water partition coefficient (Wildman–Crippen LogP) is 0.199. The monoisotopic (exact) mass is 249 g/mol. The van der Waals surface area contributed by atoms with E-state index in [4.69, 9.17) is 0 Å². The van der Waals surface area contributed by atoms with E-state index in [2.05, 4.69) is 16.0 Å². The second-order valence-electron chi connectivity index (χ2n) is 3.96. The van der Waals surface area contributed by atoms with E-state index < -0.39 is 0 Å². The molecule has 0 aliphatic rings. The van der Waals surface area contributed by atoms with Crippen molar-refractivity contribution in [2.75, 3.05) is 20.1 Å². The van der Waals surface area contributed by atoms with Crippen molar-refractivity contribution in [1.82, 2.24) is 16.0 Å². The van der Waals surface area contributed by atoms with E-state index in [1.54, 1.807) is 0 Å². The average Bonchev–Trinajstić information content (AvgIpc) is 2.42. The number of nitrogens with one attached hydrogen (secondary N) is 3. The Labute approximate surface area is 107 Å². The Kier molecular flexibility index (Phi) is 5.87. The topological polar surface area (TPSA) is 70.2 Å². The van der Waals surface area contributed by atoms with Crippen molar-refractivity contribution in [1.29, 1.82) is 0 Å². The Morgan fingerprint density at radius 2 is 1.78 bits per heavy atom. The lowest BCUT2D eigenvalue weighted by molar-refractivity contribution is -0.125. The summed E-state index contributed by atoms with van der Waals surface area (Å²) in [7, 11) is 1.53. The van der Waals surface area contributed by atoms with Crippen LogP contribution in [0.3, 0.4) is 0 Å². The third kappa shape index (κ3) is 4.97. The SMILES string of the molecule is CNC(=O)CNC(=O)CN[C@H](C)c1ccccc1. The van der Waals surface area contributed by atoms with Crippen LogP contribution >= 0.6 is 0 Å². The van der Waals surface area contributed by atoms with Gasteiger partial charge in [-0.25, -0.2) is 0 Å². The van der Waals surface area contributed by atoms with Crippen LogP contribution in [0.1, 0.15) is 18.5 Å². The zero-order valence-electron chi connectivity index (χ0n) is 10.7. The van der Waals surface area contributed by atoms with E-state index in [1.165, 1.54) is 7.05 Å². The lowest BCUT2D eigenvalue weighted by atomic mass is 10.1. The van der Waals surface area contributed by atoms with Crippen LogP contribution in [-0.4, -0.2) is 32.0 Å². The molecule has 3 N–H and O–H groups in total. The first-order chi connectivity index (χ1) is 8.63. The third-order valence-electron chi connectivity index (χ3n) is 2.59. The van der Waals surface area contributed by atoms with Gasteiger partial charge in [0, 0.05) is 13.1 Å². The molecule has 5 heteroatoms. The summed E-state index contributed by atoms with van der Waals surface area (Å²) in [6.07, 6.45) is 0. The van der Waals surface area contributed by atoms with E-state index in [0.29, 0.717) is 0 Å². The maximum atomic E-state index is 11.4. The molecule has 0 spiro atoms. The summed E-state index contributed by atoms with van der Waals surface area (Å²) in [4.78, 5) is 22.4. The number of rotatable bonds is 6. The van der Waals surface area contributed by atoms with Crippen molar-refractivity contribution in [2.24, 2.45) is 0 Å². The molecule has 0 fully saturated rings. The van der Waals surface area contributed by atoms with Crippen LogP contribution < -0.4 is 16.0 Å². The number of carbonyl (C=O) groups is 2. The number of carbonyl (C=O) groups excluding carboxylic acids is 2. The Balaban J connectivity index is 2.28. The molecular formula is C13H19N3O2. The first-order valence-corrected chi connectivity index (χ1v) is 5.89. The summed E-state index contributed by atoms with van der Waals surface area (Å²) in [6, 6.07) is 9.96. The Morgan fingerprint density at radius 3 is 2.39 bits per heavy atom. The second kappa shape index (κ2) is 7.45. The zero-order valence-corrected chi connectivity index (χ0v) is 10.7. The van der Waals surface area contributed by atoms with Gasteiger partial charge >= 0.3 is 0 Å². The number of benzene rings is 1. The highest BCUT2D eigenvalue weighted by atomic mass is 16.2. The highest BCUT2D eigenvalue weighted by Crippen LogP contribution is 2.10. The standard InChI is InChI=1S/C13H19N3O2/c1-10(11-6-4-3-5-7-11)15-9-13(18)16-8-12(17)14-2/h3-7,10,15H,8-9H2,1-2H3,(H,14,17)(H,16,18)/t10-/m1/s1. The van der Waals surface area contributed by atoms with Gasteiger partial charge in [0.25, 0.3) is 0 Å². The minimum atomic E-state index is -0.209. The first kappa shape index (κ1) is 14.2. The molecule has 1 rings (SSSR count). The Bertz CT molecular complexity index is 392. The smallest absolute Gasteiger partial charge is 0.239 e. The molecule has 5 nitrogen and oxygen atoms in total. The fourth-order valence-corrected chi connectivity index (χ4v) is 1.44. The van der Waals surface area contributed by atoms with Crippen LogP contribution in [0.4, 0.5) is 0 Å². The normalized spacial score (nSPS) is 11.7. The van der Waals surface area contributed by atoms with Crippen LogP contribution in [0, 0.1) is 0 Å². The predicted molar refractivity (Wildman–Crippen MR) is 69.9 cm³/mol. The molecule has 0 radical (unpaired) electrons. The third-order valence-corrected chi connectivity index (χ3v) is 2.59. The van der Waals surface area contributed by atoms with Crippen LogP contribution in [0.2, 0.25) is 0 Å². The zero-order chi connectivity index (χ0) is 13.4. The Hall–Kier alpha value is -1.88. The highest BCUT2D eigenvalue weighted by Gasteiger charge is 2.07. The molecule has 0 saturated heterocycles. The van der Waals surface area contributed by atoms with E-state index in [9.17, 15) is 9.59 Å². The first-order valence-electron chi connectivity index (χ1n) is 5.89. The molecule has 0 heterocycles. The molecule has 98 valence electrons. The van der Waals surface area contributed by atoms with Crippen molar-refractivity contribution in [2.45, 2.75) is 13.0 Å². The van der Waals surface area contributed by atoms with Crippen molar-refractivity contribution < 1.29 is 9.59 Å². The van der Waals surface area contributed by atoms with Gasteiger partial charge in [0.1, 0.15) is 0 Å². The van der Waals surface area contributed by atoms with E-state index in [-0.39, 0.29) is 30.9 Å². The molecule has 0 saturated carbocycles. The van der Waals surface area contributed by atoms with E-state index >= 15 is 0 Å². The molecule has 1 atom stereocenters. The number of hydrogen-bond acceptors (Lipinski definition) is 3. The molecule has 1 aromatic rings. The summed E-state index contributed by atoms with van der Waals surface area (Å²) < 4.78 is 0. The molecule has 1 aromatic carbocycles. The number of amides is 2. The Morgan fingerprint density at radius 1 is 1.11 bits per heavy atom. The highest BCUT2D eigenvalue weighted by molar-refractivity contribution is 5.85. The van der Waals surface area contributed by atoms with Gasteiger partial charge in [-0.05, 0) is 12.5 Å². The molecule has 0 aromatic heterocycles. The fraction of sp³-hybridized carbons (Fsp3) is 0.385. The van der Waals surface area contributed by atoms with Gasteiger partial charge in [0.2, 0.25) is 11.8 Å². The van der Waals surface area contributed by atoms with Gasteiger partial charge in [-0.15, -0.1) is 0 Å². The molecule has 18 heavy (non-hydrogen) atoms.